The summed E-state index contributed by atoms with van der Waals surface area (Å²) in [6.45, 7) is 0.153. The number of esters is 1. The number of nitrogens with one attached hydrogen (secondary N) is 2. The summed E-state index contributed by atoms with van der Waals surface area (Å²) in [5.41, 5.74) is 0.653. The first-order valence-corrected chi connectivity index (χ1v) is 13.7. The van der Waals surface area contributed by atoms with Crippen molar-refractivity contribution in [2.75, 3.05) is 26.0 Å². The summed E-state index contributed by atoms with van der Waals surface area (Å²) >= 11 is 5.95. The number of anilines is 1. The van der Waals surface area contributed by atoms with Crippen LogP contribution in [0.2, 0.25) is 5.02 Å². The highest BCUT2D eigenvalue weighted by molar-refractivity contribution is 6.30. The first-order valence-electron chi connectivity index (χ1n) is 13.3. The van der Waals surface area contributed by atoms with Crippen LogP contribution in [0.15, 0.2) is 84.9 Å². The van der Waals surface area contributed by atoms with Crippen LogP contribution in [0.25, 0.3) is 0 Å². The monoisotopic (exact) mass is 574 g/mol. The molecular weight excluding hydrogens is 544 g/mol. The van der Waals surface area contributed by atoms with Gasteiger partial charge < -0.3 is 15.0 Å². The number of methoxy groups -OCH3 is 1. The van der Waals surface area contributed by atoms with Crippen LogP contribution < -0.4 is 10.6 Å². The van der Waals surface area contributed by atoms with Gasteiger partial charge in [0.1, 0.15) is 5.54 Å². The maximum Gasteiger partial charge on any atom is 0.327 e. The molecular formula is C31H31ClN4O5. The highest BCUT2D eigenvalue weighted by Gasteiger charge is 2.68. The highest BCUT2D eigenvalue weighted by atomic mass is 35.5. The molecule has 41 heavy (non-hydrogen) atoms. The van der Waals surface area contributed by atoms with E-state index in [-0.39, 0.29) is 25.4 Å². The number of benzene rings is 3. The van der Waals surface area contributed by atoms with Crippen LogP contribution in [-0.2, 0) is 32.1 Å². The number of likely N-dealkylation sites (tertiary alicyclic amines) is 1. The summed E-state index contributed by atoms with van der Waals surface area (Å²) in [4.78, 5) is 57.2. The second-order valence-electron chi connectivity index (χ2n) is 10.4. The molecule has 0 saturated carbocycles. The Bertz CT molecular complexity index is 1440. The smallest absolute Gasteiger partial charge is 0.327 e. The van der Waals surface area contributed by atoms with Crippen LogP contribution in [0, 0.1) is 11.8 Å². The maximum absolute atomic E-state index is 14.0. The van der Waals surface area contributed by atoms with Crippen molar-refractivity contribution in [2.45, 2.75) is 24.5 Å². The number of carbonyl (C=O) groups excluding carboxylic acids is 4. The average molecular weight is 575 g/mol. The van der Waals surface area contributed by atoms with Gasteiger partial charge in [-0.25, -0.2) is 4.79 Å². The molecule has 10 heteroatoms. The van der Waals surface area contributed by atoms with Gasteiger partial charge in [-0.05, 0) is 35.4 Å². The number of rotatable bonds is 8. The highest BCUT2D eigenvalue weighted by Crippen LogP contribution is 2.45. The van der Waals surface area contributed by atoms with Crippen LogP contribution >= 0.6 is 11.6 Å². The van der Waals surface area contributed by atoms with Crippen molar-refractivity contribution in [3.8, 4) is 0 Å². The largest absolute Gasteiger partial charge is 0.468 e. The Morgan fingerprint density at radius 2 is 1.56 bits per heavy atom. The first kappa shape index (κ1) is 28.3. The molecule has 4 amide bonds. The van der Waals surface area contributed by atoms with Crippen molar-refractivity contribution >= 4 is 41.1 Å². The minimum Gasteiger partial charge on any atom is -0.468 e. The Kier molecular flexibility index (Phi) is 8.10. The molecule has 0 bridgehead atoms. The fraction of sp³-hybridized carbons (Fsp3) is 0.290. The quantitative estimate of drug-likeness (QED) is 0.313. The first-order chi connectivity index (χ1) is 19.7. The fourth-order valence-corrected chi connectivity index (χ4v) is 6.04. The van der Waals surface area contributed by atoms with E-state index in [0.29, 0.717) is 10.7 Å². The molecule has 0 aromatic heterocycles. The zero-order valence-electron chi connectivity index (χ0n) is 22.7. The number of likely N-dealkylation sites (N-methyl/N-ethyl adjacent to an activating group) is 1. The van der Waals surface area contributed by atoms with Gasteiger partial charge >= 0.3 is 12.0 Å². The van der Waals surface area contributed by atoms with E-state index in [0.717, 1.165) is 11.1 Å². The van der Waals surface area contributed by atoms with Gasteiger partial charge in [0.2, 0.25) is 11.8 Å². The van der Waals surface area contributed by atoms with E-state index in [9.17, 15) is 19.2 Å². The van der Waals surface area contributed by atoms with E-state index in [4.69, 9.17) is 16.3 Å². The van der Waals surface area contributed by atoms with Crippen molar-refractivity contribution in [1.29, 1.82) is 0 Å². The molecule has 0 radical (unpaired) electrons. The van der Waals surface area contributed by atoms with Gasteiger partial charge in [-0.2, -0.15) is 0 Å². The molecule has 2 saturated heterocycles. The fourth-order valence-electron chi connectivity index (χ4n) is 5.91. The molecule has 3 aromatic carbocycles. The topological polar surface area (TPSA) is 108 Å². The SMILES string of the molecule is COC(=O)[C@]1(Cc2ccccc2)N[C@H](CN(C)C(=O)Nc2ccc(Cl)cc2)[C@@H]2C(=O)N(Cc3ccccc3)C(=O)[C@@H]21. The van der Waals surface area contributed by atoms with Crippen LogP contribution in [0.5, 0.6) is 0 Å². The van der Waals surface area contributed by atoms with Crippen molar-refractivity contribution in [2.24, 2.45) is 11.8 Å². The molecule has 3 aromatic rings. The van der Waals surface area contributed by atoms with Gasteiger partial charge in [0.25, 0.3) is 0 Å². The van der Waals surface area contributed by atoms with E-state index in [2.05, 4.69) is 10.6 Å². The minimum atomic E-state index is -1.50. The van der Waals surface area contributed by atoms with E-state index >= 15 is 0 Å². The number of amides is 4. The van der Waals surface area contributed by atoms with Crippen molar-refractivity contribution < 1.29 is 23.9 Å². The van der Waals surface area contributed by atoms with E-state index < -0.39 is 41.3 Å². The number of imide groups is 1. The summed E-state index contributed by atoms with van der Waals surface area (Å²) in [6.07, 6.45) is 0.136. The Morgan fingerprint density at radius 1 is 0.951 bits per heavy atom. The summed E-state index contributed by atoms with van der Waals surface area (Å²) < 4.78 is 5.26. The van der Waals surface area contributed by atoms with Crippen molar-refractivity contribution in [3.63, 3.8) is 0 Å². The number of urea groups is 1. The number of halogens is 1. The Morgan fingerprint density at radius 3 is 2.17 bits per heavy atom. The molecule has 212 valence electrons. The zero-order chi connectivity index (χ0) is 29.1. The van der Waals surface area contributed by atoms with Gasteiger partial charge in [-0.1, -0.05) is 72.3 Å². The average Bonchev–Trinajstić information content (AvgIpc) is 3.43. The van der Waals surface area contributed by atoms with E-state index in [1.807, 2.05) is 60.7 Å². The molecule has 0 spiro atoms. The summed E-state index contributed by atoms with van der Waals surface area (Å²) in [5.74, 6) is -3.33. The molecule has 2 heterocycles. The number of ether oxygens (including phenoxy) is 1. The van der Waals surface area contributed by atoms with Crippen LogP contribution in [-0.4, -0.2) is 65.9 Å². The Balaban J connectivity index is 1.47. The standard InChI is InChI=1S/C31H31ClN4O5/c1-35(30(40)33-23-15-13-22(32)14-16-23)19-24-25-26(28(38)36(27(25)37)18-21-11-7-4-8-12-21)31(34-24,29(39)41-2)17-20-9-5-3-6-10-20/h3-16,24-26,34H,17-19H2,1-2H3,(H,33,40)/t24-,25+,26-,31-/m1/s1. The molecule has 2 aliphatic heterocycles. The van der Waals surface area contributed by atoms with E-state index in [1.54, 1.807) is 31.3 Å². The third kappa shape index (κ3) is 5.55. The van der Waals surface area contributed by atoms with Gasteiger partial charge in [0, 0.05) is 36.8 Å². The second kappa shape index (κ2) is 11.7. The van der Waals surface area contributed by atoms with Crippen LogP contribution in [0.4, 0.5) is 10.5 Å². The lowest BCUT2D eigenvalue weighted by atomic mass is 9.76. The zero-order valence-corrected chi connectivity index (χ0v) is 23.5. The maximum atomic E-state index is 14.0. The predicted octanol–water partition coefficient (Wildman–Crippen LogP) is 3.73. The Labute approximate surface area is 243 Å². The third-order valence-corrected chi connectivity index (χ3v) is 8.07. The number of carbonyl (C=O) groups is 4. The molecule has 9 nitrogen and oxygen atoms in total. The van der Waals surface area contributed by atoms with Crippen LogP contribution in [0.3, 0.4) is 0 Å². The lowest BCUT2D eigenvalue weighted by Crippen LogP contribution is -2.59. The Hall–Kier alpha value is -4.21. The summed E-state index contributed by atoms with van der Waals surface area (Å²) in [5, 5.41) is 6.67. The summed E-state index contributed by atoms with van der Waals surface area (Å²) in [7, 11) is 2.87. The number of hydrogen-bond acceptors (Lipinski definition) is 6. The molecule has 4 atom stereocenters. The lowest BCUT2D eigenvalue weighted by Gasteiger charge is -2.33. The third-order valence-electron chi connectivity index (χ3n) is 7.82. The lowest BCUT2D eigenvalue weighted by molar-refractivity contribution is -0.154. The van der Waals surface area contributed by atoms with Gasteiger partial charge in [0.05, 0.1) is 25.5 Å². The minimum absolute atomic E-state index is 0.0618. The molecule has 5 rings (SSSR count). The van der Waals surface area contributed by atoms with Crippen LogP contribution in [0.1, 0.15) is 11.1 Å². The molecule has 0 unspecified atom stereocenters. The molecule has 2 aliphatic rings. The number of nitrogens with zero attached hydrogens (tertiary/aromatic N) is 2. The summed E-state index contributed by atoms with van der Waals surface area (Å²) in [6, 6.07) is 24.1. The van der Waals surface area contributed by atoms with Gasteiger partial charge in [-0.15, -0.1) is 0 Å². The van der Waals surface area contributed by atoms with E-state index in [1.165, 1.54) is 16.9 Å². The van der Waals surface area contributed by atoms with Gasteiger partial charge in [-0.3, -0.25) is 24.6 Å². The predicted molar refractivity (Wildman–Crippen MR) is 154 cm³/mol. The number of fused-ring (bicyclic) bond motifs is 1. The van der Waals surface area contributed by atoms with Crippen molar-refractivity contribution in [3.05, 3.63) is 101 Å². The normalized spacial score (nSPS) is 23.3. The molecule has 0 aliphatic carbocycles. The molecule has 2 fully saturated rings. The van der Waals surface area contributed by atoms with Crippen molar-refractivity contribution in [1.82, 2.24) is 15.1 Å². The molecule has 2 N–H and O–H groups in total. The van der Waals surface area contributed by atoms with Gasteiger partial charge in [0.15, 0.2) is 0 Å². The number of hydrogen-bond donors (Lipinski definition) is 2. The second-order valence-corrected chi connectivity index (χ2v) is 10.9.